The SMILES string of the molecule is CCCn1c(-c2cnc(C)s2)nc2cc(CN)ccc21. The van der Waals surface area contributed by atoms with Crippen molar-refractivity contribution in [3.63, 3.8) is 0 Å². The lowest BCUT2D eigenvalue weighted by molar-refractivity contribution is 0.705. The fourth-order valence-corrected chi connectivity index (χ4v) is 3.18. The van der Waals surface area contributed by atoms with Gasteiger partial charge < -0.3 is 10.3 Å². The van der Waals surface area contributed by atoms with Gasteiger partial charge >= 0.3 is 0 Å². The van der Waals surface area contributed by atoms with Gasteiger partial charge in [-0.3, -0.25) is 0 Å². The Hall–Kier alpha value is -1.72. The van der Waals surface area contributed by atoms with E-state index in [2.05, 4.69) is 34.7 Å². The van der Waals surface area contributed by atoms with Gasteiger partial charge in [-0.05, 0) is 31.0 Å². The molecule has 2 aromatic heterocycles. The molecule has 4 nitrogen and oxygen atoms in total. The summed E-state index contributed by atoms with van der Waals surface area (Å²) in [5.41, 5.74) is 9.02. The van der Waals surface area contributed by atoms with Gasteiger partial charge in [0, 0.05) is 19.3 Å². The highest BCUT2D eigenvalue weighted by molar-refractivity contribution is 7.15. The Morgan fingerprint density at radius 2 is 2.20 bits per heavy atom. The van der Waals surface area contributed by atoms with Crippen LogP contribution in [0.1, 0.15) is 23.9 Å². The summed E-state index contributed by atoms with van der Waals surface area (Å²) in [5.74, 6) is 1.02. The largest absolute Gasteiger partial charge is 0.326 e. The quantitative estimate of drug-likeness (QED) is 0.800. The van der Waals surface area contributed by atoms with Crippen LogP contribution in [-0.2, 0) is 13.1 Å². The van der Waals surface area contributed by atoms with Crippen LogP contribution in [0.15, 0.2) is 24.4 Å². The number of thiazole rings is 1. The molecule has 0 spiro atoms. The van der Waals surface area contributed by atoms with E-state index in [1.165, 1.54) is 5.52 Å². The summed E-state index contributed by atoms with van der Waals surface area (Å²) in [6, 6.07) is 6.29. The number of nitrogens with zero attached hydrogens (tertiary/aromatic N) is 3. The molecule has 0 unspecified atom stereocenters. The molecule has 0 aliphatic heterocycles. The highest BCUT2D eigenvalue weighted by Gasteiger charge is 2.14. The van der Waals surface area contributed by atoms with Gasteiger partial charge in [0.15, 0.2) is 5.82 Å². The smallest absolute Gasteiger partial charge is 0.152 e. The maximum absolute atomic E-state index is 5.72. The van der Waals surface area contributed by atoms with Crippen molar-refractivity contribution in [1.82, 2.24) is 14.5 Å². The molecule has 3 rings (SSSR count). The van der Waals surface area contributed by atoms with Crippen molar-refractivity contribution in [2.45, 2.75) is 33.4 Å². The third-order valence-corrected chi connectivity index (χ3v) is 4.25. The number of aromatic nitrogens is 3. The third kappa shape index (κ3) is 2.23. The minimum absolute atomic E-state index is 0.547. The van der Waals surface area contributed by atoms with Crippen LogP contribution in [0, 0.1) is 6.92 Å². The number of aryl methyl sites for hydroxylation is 2. The van der Waals surface area contributed by atoms with Crippen molar-refractivity contribution in [2.75, 3.05) is 0 Å². The van der Waals surface area contributed by atoms with E-state index in [1.54, 1.807) is 11.3 Å². The van der Waals surface area contributed by atoms with Crippen LogP contribution in [0.5, 0.6) is 0 Å². The average molecular weight is 286 g/mol. The predicted octanol–water partition coefficient (Wildman–Crippen LogP) is 3.34. The molecule has 0 atom stereocenters. The van der Waals surface area contributed by atoms with E-state index in [9.17, 15) is 0 Å². The van der Waals surface area contributed by atoms with E-state index >= 15 is 0 Å². The first kappa shape index (κ1) is 13.3. The molecule has 0 aliphatic rings. The molecule has 3 aromatic rings. The van der Waals surface area contributed by atoms with Crippen molar-refractivity contribution in [1.29, 1.82) is 0 Å². The van der Waals surface area contributed by atoms with Crippen LogP contribution in [0.25, 0.3) is 21.7 Å². The van der Waals surface area contributed by atoms with Gasteiger partial charge in [0.05, 0.1) is 20.9 Å². The lowest BCUT2D eigenvalue weighted by Crippen LogP contribution is -1.99. The van der Waals surface area contributed by atoms with E-state index in [0.29, 0.717) is 6.54 Å². The molecule has 0 saturated carbocycles. The van der Waals surface area contributed by atoms with Gasteiger partial charge in [-0.25, -0.2) is 9.97 Å². The molecule has 0 amide bonds. The van der Waals surface area contributed by atoms with Gasteiger partial charge in [-0.15, -0.1) is 11.3 Å². The molecule has 2 N–H and O–H groups in total. The van der Waals surface area contributed by atoms with Crippen molar-refractivity contribution < 1.29 is 0 Å². The van der Waals surface area contributed by atoms with Crippen LogP contribution in [0.3, 0.4) is 0 Å². The molecule has 0 bridgehead atoms. The van der Waals surface area contributed by atoms with Crippen LogP contribution in [-0.4, -0.2) is 14.5 Å². The summed E-state index contributed by atoms with van der Waals surface area (Å²) >= 11 is 1.69. The van der Waals surface area contributed by atoms with E-state index in [-0.39, 0.29) is 0 Å². The Morgan fingerprint density at radius 3 is 2.85 bits per heavy atom. The molecule has 0 aliphatic carbocycles. The van der Waals surface area contributed by atoms with Gasteiger partial charge in [-0.1, -0.05) is 13.0 Å². The fraction of sp³-hybridized carbons (Fsp3) is 0.333. The molecule has 0 saturated heterocycles. The average Bonchev–Trinajstić information content (AvgIpc) is 3.03. The molecule has 0 radical (unpaired) electrons. The van der Waals surface area contributed by atoms with Crippen molar-refractivity contribution >= 4 is 22.4 Å². The Balaban J connectivity index is 2.21. The second-order valence-electron chi connectivity index (χ2n) is 4.86. The molecule has 1 aromatic carbocycles. The van der Waals surface area contributed by atoms with E-state index in [0.717, 1.165) is 39.8 Å². The Kier molecular flexibility index (Phi) is 3.54. The second kappa shape index (κ2) is 5.34. The normalized spacial score (nSPS) is 11.3. The molecular weight excluding hydrogens is 268 g/mol. The molecule has 104 valence electrons. The van der Waals surface area contributed by atoms with E-state index in [4.69, 9.17) is 10.7 Å². The molecule has 20 heavy (non-hydrogen) atoms. The first-order chi connectivity index (χ1) is 9.72. The Morgan fingerprint density at radius 1 is 1.35 bits per heavy atom. The maximum Gasteiger partial charge on any atom is 0.152 e. The summed E-state index contributed by atoms with van der Waals surface area (Å²) < 4.78 is 2.28. The first-order valence-corrected chi connectivity index (χ1v) is 7.66. The molecule has 5 heteroatoms. The lowest BCUT2D eigenvalue weighted by Gasteiger charge is -2.06. The lowest BCUT2D eigenvalue weighted by atomic mass is 10.2. The molecular formula is C15H18N4S. The summed E-state index contributed by atoms with van der Waals surface area (Å²) in [6.07, 6.45) is 2.99. The number of fused-ring (bicyclic) bond motifs is 1. The minimum atomic E-state index is 0.547. The summed E-state index contributed by atoms with van der Waals surface area (Å²) in [6.45, 7) is 5.71. The van der Waals surface area contributed by atoms with Crippen LogP contribution < -0.4 is 5.73 Å². The van der Waals surface area contributed by atoms with Gasteiger partial charge in [-0.2, -0.15) is 0 Å². The van der Waals surface area contributed by atoms with Crippen molar-refractivity contribution in [3.8, 4) is 10.7 Å². The number of hydrogen-bond acceptors (Lipinski definition) is 4. The van der Waals surface area contributed by atoms with Gasteiger partial charge in [0.1, 0.15) is 0 Å². The predicted molar refractivity (Wildman–Crippen MR) is 83.8 cm³/mol. The first-order valence-electron chi connectivity index (χ1n) is 6.85. The van der Waals surface area contributed by atoms with Crippen molar-refractivity contribution in [2.24, 2.45) is 5.73 Å². The number of benzene rings is 1. The Bertz CT molecular complexity index is 741. The van der Waals surface area contributed by atoms with Crippen LogP contribution >= 0.6 is 11.3 Å². The number of hydrogen-bond donors (Lipinski definition) is 1. The zero-order valence-electron chi connectivity index (χ0n) is 11.8. The molecule has 0 fully saturated rings. The number of nitrogens with two attached hydrogens (primary N) is 1. The van der Waals surface area contributed by atoms with Gasteiger partial charge in [0.2, 0.25) is 0 Å². The Labute approximate surface area is 122 Å². The monoisotopic (exact) mass is 286 g/mol. The number of rotatable bonds is 4. The highest BCUT2D eigenvalue weighted by Crippen LogP contribution is 2.29. The van der Waals surface area contributed by atoms with Crippen LogP contribution in [0.2, 0.25) is 0 Å². The maximum atomic E-state index is 5.72. The number of imidazole rings is 1. The molecule has 2 heterocycles. The minimum Gasteiger partial charge on any atom is -0.326 e. The van der Waals surface area contributed by atoms with E-state index < -0.39 is 0 Å². The van der Waals surface area contributed by atoms with Crippen LogP contribution in [0.4, 0.5) is 0 Å². The van der Waals surface area contributed by atoms with Crippen molar-refractivity contribution in [3.05, 3.63) is 35.0 Å². The zero-order valence-corrected chi connectivity index (χ0v) is 12.6. The summed E-state index contributed by atoms with van der Waals surface area (Å²) in [4.78, 5) is 10.3. The third-order valence-electron chi connectivity index (χ3n) is 3.34. The zero-order chi connectivity index (χ0) is 14.1. The summed E-state index contributed by atoms with van der Waals surface area (Å²) in [7, 11) is 0. The second-order valence-corrected chi connectivity index (χ2v) is 6.09. The fourth-order valence-electron chi connectivity index (χ4n) is 2.41. The topological polar surface area (TPSA) is 56.7 Å². The summed E-state index contributed by atoms with van der Waals surface area (Å²) in [5, 5.41) is 1.07. The van der Waals surface area contributed by atoms with Gasteiger partial charge in [0.25, 0.3) is 0 Å². The van der Waals surface area contributed by atoms with E-state index in [1.807, 2.05) is 13.1 Å². The standard InChI is InChI=1S/C15H18N4S/c1-3-6-19-13-5-4-11(8-16)7-12(13)18-15(19)14-9-17-10(2)20-14/h4-5,7,9H,3,6,8,16H2,1-2H3. The highest BCUT2D eigenvalue weighted by atomic mass is 32.1.